The van der Waals surface area contributed by atoms with Gasteiger partial charge in [-0.1, -0.05) is 6.07 Å². The van der Waals surface area contributed by atoms with Gasteiger partial charge in [-0.2, -0.15) is 0 Å². The third kappa shape index (κ3) is 3.49. The fourth-order valence-electron chi connectivity index (χ4n) is 1.18. The van der Waals surface area contributed by atoms with Crippen molar-refractivity contribution in [2.45, 2.75) is 13.0 Å². The van der Waals surface area contributed by atoms with Crippen LogP contribution in [0.5, 0.6) is 5.75 Å². The van der Waals surface area contributed by atoms with Gasteiger partial charge in [0.2, 0.25) is 0 Å². The average Bonchev–Trinajstić information content (AvgIpc) is 2.23. The number of benzene rings is 1. The lowest BCUT2D eigenvalue weighted by atomic mass is 10.2. The standard InChI is InChI=1S/C11H16FNO2/c1-8-3-4-9(5-11(8)12)15-10(6-13)7-14-2/h3-5,10H,6-7,13H2,1-2H3. The van der Waals surface area contributed by atoms with Crippen LogP contribution in [0.25, 0.3) is 0 Å². The van der Waals surface area contributed by atoms with E-state index in [1.54, 1.807) is 26.2 Å². The van der Waals surface area contributed by atoms with Gasteiger partial charge in [-0.3, -0.25) is 0 Å². The van der Waals surface area contributed by atoms with Gasteiger partial charge in [0.1, 0.15) is 17.7 Å². The Labute approximate surface area is 89.0 Å². The molecule has 0 aliphatic rings. The van der Waals surface area contributed by atoms with Crippen molar-refractivity contribution in [3.8, 4) is 5.75 Å². The second-order valence-electron chi connectivity index (χ2n) is 3.34. The van der Waals surface area contributed by atoms with E-state index in [0.29, 0.717) is 24.5 Å². The van der Waals surface area contributed by atoms with Crippen molar-refractivity contribution in [3.05, 3.63) is 29.6 Å². The second-order valence-corrected chi connectivity index (χ2v) is 3.34. The number of hydrogen-bond acceptors (Lipinski definition) is 3. The minimum Gasteiger partial charge on any atom is -0.487 e. The third-order valence-electron chi connectivity index (χ3n) is 2.06. The Hall–Kier alpha value is -1.13. The Morgan fingerprint density at radius 2 is 2.20 bits per heavy atom. The Kier molecular flexibility index (Phi) is 4.52. The van der Waals surface area contributed by atoms with Crippen LogP contribution in [0.2, 0.25) is 0 Å². The maximum absolute atomic E-state index is 13.2. The first kappa shape index (κ1) is 11.9. The van der Waals surface area contributed by atoms with Crippen LogP contribution < -0.4 is 10.5 Å². The van der Waals surface area contributed by atoms with Gasteiger partial charge < -0.3 is 15.2 Å². The van der Waals surface area contributed by atoms with Crippen molar-refractivity contribution in [2.24, 2.45) is 5.73 Å². The number of hydrogen-bond donors (Lipinski definition) is 1. The van der Waals surface area contributed by atoms with Crippen molar-refractivity contribution in [3.63, 3.8) is 0 Å². The van der Waals surface area contributed by atoms with Crippen molar-refractivity contribution >= 4 is 0 Å². The number of methoxy groups -OCH3 is 1. The zero-order valence-corrected chi connectivity index (χ0v) is 9.00. The topological polar surface area (TPSA) is 44.5 Å². The minimum atomic E-state index is -0.277. The molecule has 1 rings (SSSR count). The van der Waals surface area contributed by atoms with Crippen LogP contribution in [0.15, 0.2) is 18.2 Å². The highest BCUT2D eigenvalue weighted by Gasteiger charge is 2.08. The van der Waals surface area contributed by atoms with Gasteiger partial charge in [-0.15, -0.1) is 0 Å². The van der Waals surface area contributed by atoms with Crippen LogP contribution in [0.4, 0.5) is 4.39 Å². The summed E-state index contributed by atoms with van der Waals surface area (Å²) < 4.78 is 23.5. The molecule has 3 nitrogen and oxygen atoms in total. The van der Waals surface area contributed by atoms with E-state index in [1.807, 2.05) is 0 Å². The molecule has 0 saturated heterocycles. The lowest BCUT2D eigenvalue weighted by Crippen LogP contribution is -2.31. The third-order valence-corrected chi connectivity index (χ3v) is 2.06. The van der Waals surface area contributed by atoms with Gasteiger partial charge in [0, 0.05) is 19.7 Å². The summed E-state index contributed by atoms with van der Waals surface area (Å²) in [7, 11) is 1.57. The van der Waals surface area contributed by atoms with Crippen LogP contribution >= 0.6 is 0 Å². The molecule has 0 saturated carbocycles. The molecule has 1 aromatic carbocycles. The van der Waals surface area contributed by atoms with E-state index in [-0.39, 0.29) is 11.9 Å². The maximum atomic E-state index is 13.2. The molecule has 0 spiro atoms. The molecule has 0 heterocycles. The van der Waals surface area contributed by atoms with E-state index in [4.69, 9.17) is 15.2 Å². The molecule has 2 N–H and O–H groups in total. The summed E-state index contributed by atoms with van der Waals surface area (Å²) in [5, 5.41) is 0. The number of ether oxygens (including phenoxy) is 2. The summed E-state index contributed by atoms with van der Waals surface area (Å²) in [5.74, 6) is 0.200. The molecule has 0 radical (unpaired) electrons. The molecule has 1 atom stereocenters. The fraction of sp³-hybridized carbons (Fsp3) is 0.455. The first-order chi connectivity index (χ1) is 7.17. The maximum Gasteiger partial charge on any atom is 0.134 e. The van der Waals surface area contributed by atoms with Crippen molar-refractivity contribution < 1.29 is 13.9 Å². The van der Waals surface area contributed by atoms with Crippen LogP contribution in [-0.4, -0.2) is 26.4 Å². The molecule has 4 heteroatoms. The summed E-state index contributed by atoms with van der Waals surface area (Å²) in [6, 6.07) is 4.75. The van der Waals surface area contributed by atoms with Crippen LogP contribution in [-0.2, 0) is 4.74 Å². The molecular formula is C11H16FNO2. The summed E-state index contributed by atoms with van der Waals surface area (Å²) in [6.45, 7) is 2.43. The van der Waals surface area contributed by atoms with Gasteiger partial charge >= 0.3 is 0 Å². The molecule has 1 unspecified atom stereocenters. The van der Waals surface area contributed by atoms with Crippen molar-refractivity contribution in [1.82, 2.24) is 0 Å². The van der Waals surface area contributed by atoms with Gasteiger partial charge in [0.05, 0.1) is 6.61 Å². The van der Waals surface area contributed by atoms with E-state index < -0.39 is 0 Å². The number of nitrogens with two attached hydrogens (primary N) is 1. The molecule has 15 heavy (non-hydrogen) atoms. The van der Waals surface area contributed by atoms with Crippen LogP contribution in [0, 0.1) is 12.7 Å². The molecule has 1 aromatic rings. The smallest absolute Gasteiger partial charge is 0.134 e. The minimum absolute atomic E-state index is 0.239. The number of rotatable bonds is 5. The Morgan fingerprint density at radius 1 is 1.47 bits per heavy atom. The molecule has 0 aliphatic heterocycles. The summed E-state index contributed by atoms with van der Waals surface area (Å²) >= 11 is 0. The van der Waals surface area contributed by atoms with Gasteiger partial charge in [0.15, 0.2) is 0 Å². The van der Waals surface area contributed by atoms with Gasteiger partial charge in [-0.25, -0.2) is 4.39 Å². The number of halogens is 1. The molecule has 0 bridgehead atoms. The molecule has 0 amide bonds. The van der Waals surface area contributed by atoms with E-state index in [0.717, 1.165) is 0 Å². The van der Waals surface area contributed by atoms with Gasteiger partial charge in [-0.05, 0) is 18.6 Å². The Bertz CT molecular complexity index is 317. The highest BCUT2D eigenvalue weighted by atomic mass is 19.1. The van der Waals surface area contributed by atoms with Crippen LogP contribution in [0.1, 0.15) is 5.56 Å². The quantitative estimate of drug-likeness (QED) is 0.805. The van der Waals surface area contributed by atoms with Crippen LogP contribution in [0.3, 0.4) is 0 Å². The van der Waals surface area contributed by atoms with Crippen molar-refractivity contribution in [2.75, 3.05) is 20.3 Å². The summed E-state index contributed by atoms with van der Waals surface area (Å²) in [5.41, 5.74) is 6.07. The lowest BCUT2D eigenvalue weighted by Gasteiger charge is -2.16. The summed E-state index contributed by atoms with van der Waals surface area (Å²) in [6.07, 6.45) is -0.239. The predicted molar refractivity (Wildman–Crippen MR) is 56.5 cm³/mol. The van der Waals surface area contributed by atoms with E-state index >= 15 is 0 Å². The highest BCUT2D eigenvalue weighted by Crippen LogP contribution is 2.17. The second kappa shape index (κ2) is 5.68. The van der Waals surface area contributed by atoms with E-state index in [2.05, 4.69) is 0 Å². The zero-order valence-electron chi connectivity index (χ0n) is 9.00. The zero-order chi connectivity index (χ0) is 11.3. The largest absolute Gasteiger partial charge is 0.487 e. The molecule has 0 aromatic heterocycles. The normalized spacial score (nSPS) is 12.5. The lowest BCUT2D eigenvalue weighted by molar-refractivity contribution is 0.0858. The fourth-order valence-corrected chi connectivity index (χ4v) is 1.18. The van der Waals surface area contributed by atoms with Gasteiger partial charge in [0.25, 0.3) is 0 Å². The first-order valence-corrected chi connectivity index (χ1v) is 4.79. The molecule has 84 valence electrons. The first-order valence-electron chi connectivity index (χ1n) is 4.79. The summed E-state index contributed by atoms with van der Waals surface area (Å²) in [4.78, 5) is 0. The molecule has 0 fully saturated rings. The van der Waals surface area contributed by atoms with E-state index in [1.165, 1.54) is 6.07 Å². The molecular weight excluding hydrogens is 197 g/mol. The Morgan fingerprint density at radius 3 is 2.73 bits per heavy atom. The monoisotopic (exact) mass is 213 g/mol. The predicted octanol–water partition coefficient (Wildman–Crippen LogP) is 1.49. The number of aryl methyl sites for hydroxylation is 1. The highest BCUT2D eigenvalue weighted by molar-refractivity contribution is 5.28. The SMILES string of the molecule is COCC(CN)Oc1ccc(C)c(F)c1. The average molecular weight is 213 g/mol. The Balaban J connectivity index is 2.66. The molecule has 0 aliphatic carbocycles. The van der Waals surface area contributed by atoms with Crippen molar-refractivity contribution in [1.29, 1.82) is 0 Å². The van der Waals surface area contributed by atoms with E-state index in [9.17, 15) is 4.39 Å².